The molecule has 6 nitrogen and oxygen atoms in total. The average Bonchev–Trinajstić information content (AvgIpc) is 3.12. The highest BCUT2D eigenvalue weighted by molar-refractivity contribution is 5.79. The summed E-state index contributed by atoms with van der Waals surface area (Å²) >= 11 is 0. The summed E-state index contributed by atoms with van der Waals surface area (Å²) in [7, 11) is 0. The third-order valence-corrected chi connectivity index (χ3v) is 3.63. The molecule has 0 amide bonds. The van der Waals surface area contributed by atoms with Crippen LogP contribution in [0.2, 0.25) is 0 Å². The second kappa shape index (κ2) is 7.00. The number of pyridine rings is 2. The molecule has 0 unspecified atom stereocenters. The zero-order valence-corrected chi connectivity index (χ0v) is 13.3. The molecule has 6 heteroatoms. The second-order valence-electron chi connectivity index (χ2n) is 5.43. The molecule has 0 bridgehead atoms. The number of nitrogens with zero attached hydrogens (tertiary/aromatic N) is 3. The minimum absolute atomic E-state index is 0.167. The van der Waals surface area contributed by atoms with Gasteiger partial charge in [-0.25, -0.2) is 0 Å². The Bertz CT molecular complexity index is 852. The van der Waals surface area contributed by atoms with Crippen LogP contribution in [0.1, 0.15) is 18.1 Å². The molecule has 1 aliphatic rings. The van der Waals surface area contributed by atoms with Crippen LogP contribution in [0.4, 0.5) is 0 Å². The fraction of sp³-hybridized carbons (Fsp3) is 0.105. The van der Waals surface area contributed by atoms with E-state index in [4.69, 9.17) is 14.3 Å². The van der Waals surface area contributed by atoms with E-state index in [0.29, 0.717) is 23.8 Å². The Morgan fingerprint density at radius 3 is 2.12 bits per heavy atom. The minimum Gasteiger partial charge on any atom is -0.456 e. The van der Waals surface area contributed by atoms with Crippen molar-refractivity contribution in [1.82, 2.24) is 9.97 Å². The SMILES string of the molecule is c1cncc(OC2=NO[C@@H](c3ccc(Oc4cccnc4)cc3)C2)c1. The number of hydrogen-bond donors (Lipinski definition) is 0. The number of ether oxygens (including phenoxy) is 2. The monoisotopic (exact) mass is 333 g/mol. The van der Waals surface area contributed by atoms with Crippen molar-refractivity contribution in [3.63, 3.8) is 0 Å². The van der Waals surface area contributed by atoms with Gasteiger partial charge in [0.25, 0.3) is 0 Å². The van der Waals surface area contributed by atoms with Crippen molar-refractivity contribution in [2.24, 2.45) is 5.16 Å². The molecule has 0 saturated carbocycles. The Hall–Kier alpha value is -3.41. The summed E-state index contributed by atoms with van der Waals surface area (Å²) in [5.41, 5.74) is 1.01. The molecular weight excluding hydrogens is 318 g/mol. The summed E-state index contributed by atoms with van der Waals surface area (Å²) in [6.45, 7) is 0. The first-order chi connectivity index (χ1) is 12.4. The average molecular weight is 333 g/mol. The summed E-state index contributed by atoms with van der Waals surface area (Å²) in [6, 6.07) is 15.0. The molecule has 1 aromatic carbocycles. The third-order valence-electron chi connectivity index (χ3n) is 3.63. The first kappa shape index (κ1) is 15.1. The van der Waals surface area contributed by atoms with Gasteiger partial charge in [0.05, 0.1) is 18.8 Å². The van der Waals surface area contributed by atoms with Gasteiger partial charge in [-0.15, -0.1) is 0 Å². The van der Waals surface area contributed by atoms with Crippen molar-refractivity contribution < 1.29 is 14.3 Å². The number of oxime groups is 1. The van der Waals surface area contributed by atoms with Crippen LogP contribution in [0.15, 0.2) is 78.5 Å². The van der Waals surface area contributed by atoms with E-state index < -0.39 is 0 Å². The minimum atomic E-state index is -0.167. The Morgan fingerprint density at radius 1 is 0.800 bits per heavy atom. The first-order valence-corrected chi connectivity index (χ1v) is 7.85. The van der Waals surface area contributed by atoms with Crippen molar-refractivity contribution in [2.75, 3.05) is 0 Å². The number of aromatic nitrogens is 2. The first-order valence-electron chi connectivity index (χ1n) is 7.85. The zero-order chi connectivity index (χ0) is 16.9. The van der Waals surface area contributed by atoms with E-state index in [0.717, 1.165) is 11.3 Å². The summed E-state index contributed by atoms with van der Waals surface area (Å²) in [6.07, 6.45) is 7.11. The maximum atomic E-state index is 5.73. The normalized spacial score (nSPS) is 16.0. The van der Waals surface area contributed by atoms with Gasteiger partial charge in [-0.05, 0) is 42.0 Å². The van der Waals surface area contributed by atoms with Crippen molar-refractivity contribution in [1.29, 1.82) is 0 Å². The van der Waals surface area contributed by atoms with Crippen molar-refractivity contribution in [2.45, 2.75) is 12.5 Å². The molecule has 0 fully saturated rings. The van der Waals surface area contributed by atoms with Crippen LogP contribution >= 0.6 is 0 Å². The maximum Gasteiger partial charge on any atom is 0.235 e. The molecule has 0 aliphatic carbocycles. The van der Waals surface area contributed by atoms with Crippen LogP contribution < -0.4 is 9.47 Å². The maximum absolute atomic E-state index is 5.73. The lowest BCUT2D eigenvalue weighted by molar-refractivity contribution is 0.0855. The fourth-order valence-corrected chi connectivity index (χ4v) is 2.43. The molecule has 0 N–H and O–H groups in total. The Morgan fingerprint density at radius 2 is 1.48 bits per heavy atom. The van der Waals surface area contributed by atoms with Crippen LogP contribution in [0.3, 0.4) is 0 Å². The number of hydrogen-bond acceptors (Lipinski definition) is 6. The van der Waals surface area contributed by atoms with E-state index in [9.17, 15) is 0 Å². The topological polar surface area (TPSA) is 65.8 Å². The molecule has 1 aliphatic heterocycles. The van der Waals surface area contributed by atoms with Gasteiger partial charge >= 0.3 is 0 Å². The van der Waals surface area contributed by atoms with Gasteiger partial charge in [-0.1, -0.05) is 17.3 Å². The summed E-state index contributed by atoms with van der Waals surface area (Å²) in [4.78, 5) is 13.5. The third kappa shape index (κ3) is 3.74. The largest absolute Gasteiger partial charge is 0.456 e. The highest BCUT2D eigenvalue weighted by Gasteiger charge is 2.24. The summed E-state index contributed by atoms with van der Waals surface area (Å²) in [5, 5.41) is 4.01. The van der Waals surface area contributed by atoms with Crippen molar-refractivity contribution >= 4 is 5.90 Å². The van der Waals surface area contributed by atoms with E-state index >= 15 is 0 Å². The Labute approximate surface area is 144 Å². The molecule has 0 saturated heterocycles. The number of rotatable bonds is 4. The van der Waals surface area contributed by atoms with Gasteiger partial charge in [0.15, 0.2) is 6.10 Å². The molecule has 124 valence electrons. The van der Waals surface area contributed by atoms with Gasteiger partial charge < -0.3 is 14.3 Å². The second-order valence-corrected chi connectivity index (χ2v) is 5.43. The van der Waals surface area contributed by atoms with Crippen LogP contribution in [0.5, 0.6) is 17.2 Å². The smallest absolute Gasteiger partial charge is 0.235 e. The molecule has 3 heterocycles. The quantitative estimate of drug-likeness (QED) is 0.718. The van der Waals surface area contributed by atoms with Crippen LogP contribution in [0, 0.1) is 0 Å². The fourth-order valence-electron chi connectivity index (χ4n) is 2.43. The summed E-state index contributed by atoms with van der Waals surface area (Å²) < 4.78 is 11.4. The molecule has 1 atom stereocenters. The van der Waals surface area contributed by atoms with E-state index in [2.05, 4.69) is 15.1 Å². The van der Waals surface area contributed by atoms with Crippen LogP contribution in [0.25, 0.3) is 0 Å². The molecule has 25 heavy (non-hydrogen) atoms. The van der Waals surface area contributed by atoms with E-state index in [1.54, 1.807) is 24.8 Å². The Balaban J connectivity index is 1.37. The molecule has 2 aromatic heterocycles. The zero-order valence-electron chi connectivity index (χ0n) is 13.3. The van der Waals surface area contributed by atoms with E-state index in [-0.39, 0.29) is 6.10 Å². The van der Waals surface area contributed by atoms with Crippen molar-refractivity contribution in [3.05, 3.63) is 78.9 Å². The lowest BCUT2D eigenvalue weighted by atomic mass is 10.1. The Kier molecular flexibility index (Phi) is 4.24. The highest BCUT2D eigenvalue weighted by Crippen LogP contribution is 2.30. The van der Waals surface area contributed by atoms with Crippen molar-refractivity contribution in [3.8, 4) is 17.2 Å². The number of benzene rings is 1. The van der Waals surface area contributed by atoms with Gasteiger partial charge in [-0.2, -0.15) is 0 Å². The molecule has 4 rings (SSSR count). The molecular formula is C19H15N3O3. The van der Waals surface area contributed by atoms with Gasteiger partial charge in [-0.3, -0.25) is 9.97 Å². The predicted molar refractivity (Wildman–Crippen MR) is 91.5 cm³/mol. The summed E-state index contributed by atoms with van der Waals surface area (Å²) in [5.74, 6) is 2.62. The standard InChI is InChI=1S/C19H15N3O3/c1-3-16(12-20-9-1)23-15-7-5-14(6-8-15)18-11-19(22-25-18)24-17-4-2-10-21-13-17/h1-10,12-13,18H,11H2/t18-/m1/s1. The van der Waals surface area contributed by atoms with Crippen LogP contribution in [-0.2, 0) is 4.84 Å². The molecule has 0 radical (unpaired) electrons. The predicted octanol–water partition coefficient (Wildman–Crippen LogP) is 4.12. The molecule has 0 spiro atoms. The lowest BCUT2D eigenvalue weighted by Crippen LogP contribution is -2.07. The van der Waals surface area contributed by atoms with E-state index in [1.807, 2.05) is 48.5 Å². The van der Waals surface area contributed by atoms with Gasteiger partial charge in [0, 0.05) is 12.4 Å². The lowest BCUT2D eigenvalue weighted by Gasteiger charge is -2.10. The van der Waals surface area contributed by atoms with Crippen LogP contribution in [-0.4, -0.2) is 15.9 Å². The van der Waals surface area contributed by atoms with E-state index in [1.165, 1.54) is 0 Å². The van der Waals surface area contributed by atoms with Gasteiger partial charge in [0.1, 0.15) is 17.2 Å². The highest BCUT2D eigenvalue weighted by atomic mass is 16.7. The molecule has 3 aromatic rings. The van der Waals surface area contributed by atoms with Gasteiger partial charge in [0.2, 0.25) is 5.90 Å².